The zero-order valence-corrected chi connectivity index (χ0v) is 10.3. The molecule has 1 aromatic rings. The highest BCUT2D eigenvalue weighted by Gasteiger charge is 2.27. The number of aliphatic hydroxyl groups excluding tert-OH is 1. The van der Waals surface area contributed by atoms with Crippen LogP contribution in [0.4, 0.5) is 0 Å². The maximum atomic E-state index is 10.2. The molecule has 2 atom stereocenters. The summed E-state index contributed by atoms with van der Waals surface area (Å²) in [6.07, 6.45) is 3.56. The van der Waals surface area contributed by atoms with Crippen molar-refractivity contribution in [3.05, 3.63) is 18.0 Å². The molecule has 0 bridgehead atoms. The van der Waals surface area contributed by atoms with Crippen molar-refractivity contribution < 1.29 is 5.11 Å². The summed E-state index contributed by atoms with van der Waals surface area (Å²) in [5.41, 5.74) is 1.13. The average molecular weight is 210 g/mol. The molecule has 1 heterocycles. The van der Waals surface area contributed by atoms with Gasteiger partial charge in [0, 0.05) is 19.2 Å². The zero-order chi connectivity index (χ0) is 11.6. The van der Waals surface area contributed by atoms with Gasteiger partial charge in [-0.25, -0.2) is 0 Å². The second kappa shape index (κ2) is 4.79. The van der Waals surface area contributed by atoms with Crippen molar-refractivity contribution in [1.29, 1.82) is 0 Å². The summed E-state index contributed by atoms with van der Waals surface area (Å²) in [5, 5.41) is 14.3. The summed E-state index contributed by atoms with van der Waals surface area (Å²) in [4.78, 5) is 0. The molecule has 15 heavy (non-hydrogen) atoms. The number of nitrogens with zero attached hydrogens (tertiary/aromatic N) is 2. The Hall–Kier alpha value is -0.830. The third-order valence-corrected chi connectivity index (χ3v) is 2.88. The number of aliphatic hydroxyl groups is 1. The van der Waals surface area contributed by atoms with E-state index in [1.165, 1.54) is 0 Å². The summed E-state index contributed by atoms with van der Waals surface area (Å²) in [6.45, 7) is 8.39. The molecule has 0 aromatic carbocycles. The third kappa shape index (κ3) is 2.81. The van der Waals surface area contributed by atoms with Gasteiger partial charge in [-0.05, 0) is 17.4 Å². The number of aryl methyl sites for hydroxylation is 1. The monoisotopic (exact) mass is 210 g/mol. The van der Waals surface area contributed by atoms with Gasteiger partial charge in [0.05, 0.1) is 12.3 Å². The van der Waals surface area contributed by atoms with E-state index in [9.17, 15) is 5.11 Å². The standard InChI is InChI=1S/C12H22N2O/c1-8(2)11(12(15)9(3)4)10-6-13-14(5)7-10/h6-9,11-12,15H,1-5H3. The van der Waals surface area contributed by atoms with Gasteiger partial charge in [0.2, 0.25) is 0 Å². The van der Waals surface area contributed by atoms with Crippen LogP contribution in [0.25, 0.3) is 0 Å². The highest BCUT2D eigenvalue weighted by molar-refractivity contribution is 5.14. The number of hydrogen-bond donors (Lipinski definition) is 1. The molecule has 0 spiro atoms. The van der Waals surface area contributed by atoms with Gasteiger partial charge in [-0.15, -0.1) is 0 Å². The highest BCUT2D eigenvalue weighted by atomic mass is 16.3. The summed E-state index contributed by atoms with van der Waals surface area (Å²) in [7, 11) is 1.91. The topological polar surface area (TPSA) is 38.1 Å². The van der Waals surface area contributed by atoms with Crippen LogP contribution in [0.1, 0.15) is 39.2 Å². The SMILES string of the molecule is CC(C)C(O)C(c1cnn(C)c1)C(C)C. The predicted octanol–water partition coefficient (Wildman–Crippen LogP) is 2.18. The van der Waals surface area contributed by atoms with Crippen molar-refractivity contribution in [3.63, 3.8) is 0 Å². The van der Waals surface area contributed by atoms with E-state index in [2.05, 4.69) is 32.8 Å². The molecule has 3 heteroatoms. The van der Waals surface area contributed by atoms with Crippen molar-refractivity contribution in [1.82, 2.24) is 9.78 Å². The van der Waals surface area contributed by atoms with E-state index in [0.29, 0.717) is 5.92 Å². The van der Waals surface area contributed by atoms with Crippen molar-refractivity contribution in [2.75, 3.05) is 0 Å². The van der Waals surface area contributed by atoms with Crippen LogP contribution in [0.2, 0.25) is 0 Å². The van der Waals surface area contributed by atoms with E-state index in [1.54, 1.807) is 4.68 Å². The van der Waals surface area contributed by atoms with Crippen LogP contribution in [-0.4, -0.2) is 21.0 Å². The summed E-state index contributed by atoms with van der Waals surface area (Å²) < 4.78 is 1.79. The van der Waals surface area contributed by atoms with Crippen LogP contribution in [0.15, 0.2) is 12.4 Å². The van der Waals surface area contributed by atoms with Gasteiger partial charge < -0.3 is 5.11 Å². The van der Waals surface area contributed by atoms with Gasteiger partial charge in [-0.2, -0.15) is 5.10 Å². The van der Waals surface area contributed by atoms with Gasteiger partial charge in [0.1, 0.15) is 0 Å². The molecule has 0 fully saturated rings. The molecule has 3 nitrogen and oxygen atoms in total. The Morgan fingerprint density at radius 3 is 2.13 bits per heavy atom. The Labute approximate surface area is 92.1 Å². The van der Waals surface area contributed by atoms with Crippen LogP contribution in [0.3, 0.4) is 0 Å². The lowest BCUT2D eigenvalue weighted by Gasteiger charge is -2.28. The first-order valence-corrected chi connectivity index (χ1v) is 5.60. The first-order valence-electron chi connectivity index (χ1n) is 5.60. The average Bonchev–Trinajstić information content (AvgIpc) is 2.51. The van der Waals surface area contributed by atoms with Crippen LogP contribution < -0.4 is 0 Å². The molecule has 2 unspecified atom stereocenters. The molecule has 0 saturated carbocycles. The Morgan fingerprint density at radius 1 is 1.20 bits per heavy atom. The van der Waals surface area contributed by atoms with Gasteiger partial charge in [0.25, 0.3) is 0 Å². The molecular formula is C12H22N2O. The molecule has 0 aliphatic carbocycles. The molecule has 0 saturated heterocycles. The van der Waals surface area contributed by atoms with Crippen LogP contribution in [0.5, 0.6) is 0 Å². The summed E-state index contributed by atoms with van der Waals surface area (Å²) in [5.74, 6) is 0.878. The molecule has 0 amide bonds. The van der Waals surface area contributed by atoms with E-state index in [4.69, 9.17) is 0 Å². The maximum Gasteiger partial charge on any atom is 0.0635 e. The fourth-order valence-electron chi connectivity index (χ4n) is 2.00. The van der Waals surface area contributed by atoms with E-state index >= 15 is 0 Å². The molecule has 0 radical (unpaired) electrons. The second-order valence-corrected chi connectivity index (χ2v) is 4.95. The lowest BCUT2D eigenvalue weighted by Crippen LogP contribution is -2.27. The first-order chi connectivity index (χ1) is 6.93. The minimum atomic E-state index is -0.297. The summed E-state index contributed by atoms with van der Waals surface area (Å²) in [6, 6.07) is 0. The molecular weight excluding hydrogens is 188 g/mol. The minimum Gasteiger partial charge on any atom is -0.392 e. The number of aromatic nitrogens is 2. The normalized spacial score (nSPS) is 16.0. The van der Waals surface area contributed by atoms with Gasteiger partial charge >= 0.3 is 0 Å². The van der Waals surface area contributed by atoms with E-state index in [1.807, 2.05) is 19.4 Å². The van der Waals surface area contributed by atoms with Gasteiger partial charge in [-0.1, -0.05) is 27.7 Å². The van der Waals surface area contributed by atoms with E-state index in [0.717, 1.165) is 5.56 Å². The number of rotatable bonds is 4. The third-order valence-electron chi connectivity index (χ3n) is 2.88. The van der Waals surface area contributed by atoms with E-state index < -0.39 is 0 Å². The van der Waals surface area contributed by atoms with Crippen LogP contribution in [-0.2, 0) is 7.05 Å². The highest BCUT2D eigenvalue weighted by Crippen LogP contribution is 2.30. The quantitative estimate of drug-likeness (QED) is 0.827. The zero-order valence-electron chi connectivity index (χ0n) is 10.3. The second-order valence-electron chi connectivity index (χ2n) is 4.95. The van der Waals surface area contributed by atoms with Crippen molar-refractivity contribution in [3.8, 4) is 0 Å². The molecule has 1 aromatic heterocycles. The van der Waals surface area contributed by atoms with Gasteiger partial charge in [-0.3, -0.25) is 4.68 Å². The summed E-state index contributed by atoms with van der Waals surface area (Å²) >= 11 is 0. The fourth-order valence-corrected chi connectivity index (χ4v) is 2.00. The Bertz CT molecular complexity index is 304. The molecule has 86 valence electrons. The number of hydrogen-bond acceptors (Lipinski definition) is 2. The van der Waals surface area contributed by atoms with Crippen molar-refractivity contribution >= 4 is 0 Å². The fraction of sp³-hybridized carbons (Fsp3) is 0.750. The predicted molar refractivity (Wildman–Crippen MR) is 61.6 cm³/mol. The first kappa shape index (κ1) is 12.2. The van der Waals surface area contributed by atoms with E-state index in [-0.39, 0.29) is 17.9 Å². The minimum absolute atomic E-state index is 0.179. The molecule has 0 aliphatic rings. The molecule has 0 aliphatic heterocycles. The van der Waals surface area contributed by atoms with Gasteiger partial charge in [0.15, 0.2) is 0 Å². The van der Waals surface area contributed by atoms with Crippen molar-refractivity contribution in [2.24, 2.45) is 18.9 Å². The lowest BCUT2D eigenvalue weighted by molar-refractivity contribution is 0.0787. The van der Waals surface area contributed by atoms with Crippen molar-refractivity contribution in [2.45, 2.75) is 39.7 Å². The van der Waals surface area contributed by atoms with Crippen LogP contribution in [0, 0.1) is 11.8 Å². The Kier molecular flexibility index (Phi) is 3.91. The lowest BCUT2D eigenvalue weighted by atomic mass is 9.81. The molecule has 1 N–H and O–H groups in total. The Balaban J connectivity index is 2.93. The smallest absolute Gasteiger partial charge is 0.0635 e. The largest absolute Gasteiger partial charge is 0.392 e. The van der Waals surface area contributed by atoms with Crippen LogP contribution >= 0.6 is 0 Å². The Morgan fingerprint density at radius 2 is 1.80 bits per heavy atom. The molecule has 1 rings (SSSR count). The maximum absolute atomic E-state index is 10.2.